The molecule has 4 heterocycles. The van der Waals surface area contributed by atoms with E-state index in [9.17, 15) is 4.79 Å². The van der Waals surface area contributed by atoms with Crippen molar-refractivity contribution >= 4 is 17.4 Å². The molecule has 34 heavy (non-hydrogen) atoms. The number of imidazole rings is 1. The third-order valence-electron chi connectivity index (χ3n) is 5.83. The molecule has 1 aliphatic rings. The van der Waals surface area contributed by atoms with Gasteiger partial charge >= 0.3 is 0 Å². The zero-order valence-corrected chi connectivity index (χ0v) is 18.3. The Morgan fingerprint density at radius 2 is 1.88 bits per heavy atom. The van der Waals surface area contributed by atoms with Crippen LogP contribution in [0, 0.1) is 0 Å². The molecular formula is C26H22N6O2. The van der Waals surface area contributed by atoms with Crippen molar-refractivity contribution < 1.29 is 9.21 Å². The molecule has 1 aromatic carbocycles. The lowest BCUT2D eigenvalue weighted by Crippen LogP contribution is -2.25. The number of carbonyl (C=O) groups is 1. The van der Waals surface area contributed by atoms with Crippen molar-refractivity contribution in [1.82, 2.24) is 24.7 Å². The Bertz CT molecular complexity index is 1440. The number of benzene rings is 1. The first-order chi connectivity index (χ1) is 16.7. The Kier molecular flexibility index (Phi) is 5.03. The van der Waals surface area contributed by atoms with Gasteiger partial charge in [0, 0.05) is 41.3 Å². The lowest BCUT2D eigenvalue weighted by atomic mass is 10.1. The van der Waals surface area contributed by atoms with Crippen molar-refractivity contribution in [3.05, 3.63) is 90.9 Å². The minimum absolute atomic E-state index is 0.0271. The van der Waals surface area contributed by atoms with Crippen LogP contribution in [0.1, 0.15) is 29.0 Å². The average molecular weight is 451 g/mol. The number of hydrogen-bond donors (Lipinski definition) is 2. The van der Waals surface area contributed by atoms with Crippen LogP contribution < -0.4 is 10.6 Å². The van der Waals surface area contributed by atoms with Gasteiger partial charge in [-0.15, -0.1) is 0 Å². The summed E-state index contributed by atoms with van der Waals surface area (Å²) in [7, 11) is 0. The Morgan fingerprint density at radius 1 is 1.06 bits per heavy atom. The van der Waals surface area contributed by atoms with Crippen LogP contribution in [0.3, 0.4) is 0 Å². The molecule has 1 aliphatic carbocycles. The number of anilines is 1. The topological polar surface area (TPSA) is 97.3 Å². The molecule has 2 N–H and O–H groups in total. The number of carbonyl (C=O) groups excluding carboxylic acids is 1. The van der Waals surface area contributed by atoms with E-state index in [4.69, 9.17) is 9.40 Å². The average Bonchev–Trinajstić information content (AvgIpc) is 3.35. The number of furan rings is 1. The van der Waals surface area contributed by atoms with E-state index < -0.39 is 0 Å². The number of aromatic nitrogens is 4. The van der Waals surface area contributed by atoms with Crippen molar-refractivity contribution in [2.45, 2.75) is 25.4 Å². The predicted octanol–water partition coefficient (Wildman–Crippen LogP) is 4.56. The largest absolute Gasteiger partial charge is 0.467 e. The third-order valence-corrected chi connectivity index (χ3v) is 5.83. The molecule has 1 fully saturated rings. The van der Waals surface area contributed by atoms with Gasteiger partial charge in [0.05, 0.1) is 30.4 Å². The summed E-state index contributed by atoms with van der Waals surface area (Å²) < 4.78 is 7.48. The molecule has 8 nitrogen and oxygen atoms in total. The highest BCUT2D eigenvalue weighted by Crippen LogP contribution is 2.28. The van der Waals surface area contributed by atoms with E-state index in [1.54, 1.807) is 18.7 Å². The van der Waals surface area contributed by atoms with Crippen LogP contribution in [0.15, 0.2) is 84.0 Å². The number of fused-ring (bicyclic) bond motifs is 1. The first-order valence-corrected chi connectivity index (χ1v) is 11.2. The van der Waals surface area contributed by atoms with Crippen molar-refractivity contribution in [2.24, 2.45) is 0 Å². The summed E-state index contributed by atoms with van der Waals surface area (Å²) in [6.45, 7) is 0.489. The van der Waals surface area contributed by atoms with E-state index in [2.05, 4.69) is 20.6 Å². The second kappa shape index (κ2) is 8.47. The molecule has 0 atom stereocenters. The highest BCUT2D eigenvalue weighted by Gasteiger charge is 2.23. The number of hydrogen-bond acceptors (Lipinski definition) is 6. The molecule has 1 amide bonds. The summed E-state index contributed by atoms with van der Waals surface area (Å²) >= 11 is 0. The zero-order chi connectivity index (χ0) is 22.9. The number of nitrogens with one attached hydrogen (secondary N) is 2. The maximum absolute atomic E-state index is 12.4. The standard InChI is InChI=1S/C26H22N6O2/c33-26(30-20-7-8-20)19-5-3-18(4-6-19)23-15-29-25-24(28-14-21-2-1-13-34-21)31-22(16-32(23)25)17-9-11-27-12-10-17/h1-6,9-13,15-16,20H,7-8,14H2,(H,28,31)(H,30,33). The fraction of sp³-hybridized carbons (Fsp3) is 0.154. The third kappa shape index (κ3) is 4.01. The van der Waals surface area contributed by atoms with Crippen LogP contribution in [0.4, 0.5) is 5.82 Å². The molecule has 0 saturated heterocycles. The minimum atomic E-state index is -0.0271. The van der Waals surface area contributed by atoms with Crippen LogP contribution in [0.2, 0.25) is 0 Å². The highest BCUT2D eigenvalue weighted by molar-refractivity contribution is 5.95. The molecule has 0 radical (unpaired) electrons. The fourth-order valence-corrected chi connectivity index (χ4v) is 3.86. The van der Waals surface area contributed by atoms with E-state index >= 15 is 0 Å². The number of pyridine rings is 1. The molecular weight excluding hydrogens is 428 g/mol. The summed E-state index contributed by atoms with van der Waals surface area (Å²) in [6.07, 6.45) is 11.1. The van der Waals surface area contributed by atoms with Crippen LogP contribution in [0.25, 0.3) is 28.2 Å². The lowest BCUT2D eigenvalue weighted by Gasteiger charge is -2.11. The van der Waals surface area contributed by atoms with Crippen LogP contribution in [-0.2, 0) is 6.54 Å². The smallest absolute Gasteiger partial charge is 0.251 e. The first-order valence-electron chi connectivity index (χ1n) is 11.2. The molecule has 4 aromatic heterocycles. The van der Waals surface area contributed by atoms with Crippen molar-refractivity contribution in [2.75, 3.05) is 5.32 Å². The number of amides is 1. The van der Waals surface area contributed by atoms with Crippen molar-refractivity contribution in [1.29, 1.82) is 0 Å². The number of nitrogens with zero attached hydrogens (tertiary/aromatic N) is 4. The summed E-state index contributed by atoms with van der Waals surface area (Å²) in [5, 5.41) is 6.38. The van der Waals surface area contributed by atoms with Gasteiger partial charge in [0.25, 0.3) is 5.91 Å². The molecule has 0 aliphatic heterocycles. The van der Waals surface area contributed by atoms with E-state index in [0.29, 0.717) is 29.6 Å². The molecule has 0 bridgehead atoms. The molecule has 6 rings (SSSR count). The Hall–Kier alpha value is -4.46. The van der Waals surface area contributed by atoms with Gasteiger partial charge in [-0.05, 0) is 49.2 Å². The quantitative estimate of drug-likeness (QED) is 0.377. The highest BCUT2D eigenvalue weighted by atomic mass is 16.3. The van der Waals surface area contributed by atoms with Gasteiger partial charge in [0.2, 0.25) is 0 Å². The van der Waals surface area contributed by atoms with Gasteiger partial charge in [0.15, 0.2) is 11.5 Å². The van der Waals surface area contributed by atoms with Crippen LogP contribution >= 0.6 is 0 Å². The van der Waals surface area contributed by atoms with E-state index in [1.807, 2.05) is 65.3 Å². The van der Waals surface area contributed by atoms with Gasteiger partial charge in [-0.2, -0.15) is 0 Å². The Labute approximate surface area is 195 Å². The summed E-state index contributed by atoms with van der Waals surface area (Å²) in [6, 6.07) is 15.6. The van der Waals surface area contributed by atoms with Crippen molar-refractivity contribution in [3.63, 3.8) is 0 Å². The monoisotopic (exact) mass is 450 g/mol. The Morgan fingerprint density at radius 3 is 2.62 bits per heavy atom. The van der Waals surface area contributed by atoms with Crippen LogP contribution in [-0.4, -0.2) is 31.3 Å². The molecule has 1 saturated carbocycles. The summed E-state index contributed by atoms with van der Waals surface area (Å²) in [4.78, 5) is 26.0. The minimum Gasteiger partial charge on any atom is -0.467 e. The van der Waals surface area contributed by atoms with Gasteiger partial charge in [0.1, 0.15) is 5.76 Å². The number of rotatable bonds is 7. The van der Waals surface area contributed by atoms with Gasteiger partial charge in [-0.25, -0.2) is 9.97 Å². The maximum Gasteiger partial charge on any atom is 0.251 e. The van der Waals surface area contributed by atoms with Gasteiger partial charge in [-0.1, -0.05) is 12.1 Å². The molecule has 8 heteroatoms. The molecule has 0 unspecified atom stereocenters. The summed E-state index contributed by atoms with van der Waals surface area (Å²) in [5.74, 6) is 1.43. The summed E-state index contributed by atoms with van der Waals surface area (Å²) in [5.41, 5.74) is 4.96. The van der Waals surface area contributed by atoms with E-state index in [1.165, 1.54) is 0 Å². The molecule has 5 aromatic rings. The fourth-order valence-electron chi connectivity index (χ4n) is 3.86. The van der Waals surface area contributed by atoms with E-state index in [0.717, 1.165) is 41.1 Å². The molecule has 168 valence electrons. The second-order valence-corrected chi connectivity index (χ2v) is 8.31. The van der Waals surface area contributed by atoms with E-state index in [-0.39, 0.29) is 5.91 Å². The van der Waals surface area contributed by atoms with Crippen LogP contribution in [0.5, 0.6) is 0 Å². The Balaban J connectivity index is 1.38. The van der Waals surface area contributed by atoms with Crippen molar-refractivity contribution in [3.8, 4) is 22.5 Å². The zero-order valence-electron chi connectivity index (χ0n) is 18.3. The molecule has 0 spiro atoms. The first kappa shape index (κ1) is 20.2. The normalized spacial score (nSPS) is 13.2. The van der Waals surface area contributed by atoms with Gasteiger partial charge in [-0.3, -0.25) is 14.2 Å². The second-order valence-electron chi connectivity index (χ2n) is 8.31. The SMILES string of the molecule is O=C(NC1CC1)c1ccc(-c2cnc3c(NCc4ccco4)nc(-c4ccncc4)cn23)cc1. The van der Waals surface area contributed by atoms with Gasteiger partial charge < -0.3 is 15.1 Å². The lowest BCUT2D eigenvalue weighted by molar-refractivity contribution is 0.0951. The predicted molar refractivity (Wildman–Crippen MR) is 128 cm³/mol. The maximum atomic E-state index is 12.4.